The van der Waals surface area contributed by atoms with Gasteiger partial charge in [-0.25, -0.2) is 4.79 Å². The van der Waals surface area contributed by atoms with Crippen LogP contribution in [0.5, 0.6) is 5.75 Å². The lowest BCUT2D eigenvalue weighted by Gasteiger charge is -2.14. The van der Waals surface area contributed by atoms with Gasteiger partial charge in [0, 0.05) is 17.9 Å². The zero-order valence-electron chi connectivity index (χ0n) is 17.7. The molecule has 0 saturated heterocycles. The Balaban J connectivity index is 1.69. The molecule has 2 aromatic rings. The summed E-state index contributed by atoms with van der Waals surface area (Å²) in [7, 11) is 1.29. The summed E-state index contributed by atoms with van der Waals surface area (Å²) in [5, 5.41) is 2.75. The number of allylic oxidation sites excluding steroid dienone is 1. The molecule has 31 heavy (non-hydrogen) atoms. The average Bonchev–Trinajstić information content (AvgIpc) is 3.02. The first-order chi connectivity index (χ1) is 14.9. The third kappa shape index (κ3) is 5.01. The van der Waals surface area contributed by atoms with Crippen molar-refractivity contribution in [3.05, 3.63) is 77.0 Å². The summed E-state index contributed by atoms with van der Waals surface area (Å²) in [6.07, 6.45) is 1.65. The van der Waals surface area contributed by atoms with E-state index in [-0.39, 0.29) is 24.0 Å². The normalized spacial score (nSPS) is 14.7. The van der Waals surface area contributed by atoms with Crippen LogP contribution in [-0.4, -0.2) is 42.9 Å². The molecule has 0 fully saturated rings. The molecule has 1 heterocycles. The Kier molecular flexibility index (Phi) is 6.87. The lowest BCUT2D eigenvalue weighted by Crippen LogP contribution is -2.24. The quantitative estimate of drug-likeness (QED) is 0.548. The van der Waals surface area contributed by atoms with Gasteiger partial charge in [0.25, 0.3) is 11.8 Å². The molecule has 0 radical (unpaired) electrons. The summed E-state index contributed by atoms with van der Waals surface area (Å²) in [5.74, 6) is -0.536. The molecule has 160 valence electrons. The van der Waals surface area contributed by atoms with Crippen LogP contribution < -0.4 is 10.1 Å². The van der Waals surface area contributed by atoms with Crippen molar-refractivity contribution >= 4 is 29.5 Å². The van der Waals surface area contributed by atoms with Gasteiger partial charge in [-0.3, -0.25) is 9.59 Å². The number of amides is 2. The molecule has 0 unspecified atom stereocenters. The van der Waals surface area contributed by atoms with Crippen LogP contribution in [0.3, 0.4) is 0 Å². The summed E-state index contributed by atoms with van der Waals surface area (Å²) >= 11 is 0. The number of carbonyl (C=O) groups excluding carboxylic acids is 3. The highest BCUT2D eigenvalue weighted by Gasteiger charge is 2.36. The second-order valence-corrected chi connectivity index (χ2v) is 6.83. The van der Waals surface area contributed by atoms with Crippen molar-refractivity contribution in [2.45, 2.75) is 13.8 Å². The number of anilines is 1. The lowest BCUT2D eigenvalue weighted by molar-refractivity contribution is -0.136. The highest BCUT2D eigenvalue weighted by Crippen LogP contribution is 2.31. The van der Waals surface area contributed by atoms with Gasteiger partial charge in [0.2, 0.25) is 0 Å². The molecule has 0 saturated carbocycles. The fraction of sp³-hybridized carbons (Fsp3) is 0.208. The number of rotatable bonds is 7. The van der Waals surface area contributed by atoms with Crippen LogP contribution in [0.4, 0.5) is 5.69 Å². The monoisotopic (exact) mass is 420 g/mol. The van der Waals surface area contributed by atoms with E-state index in [2.05, 4.69) is 5.32 Å². The lowest BCUT2D eigenvalue weighted by atomic mass is 10.0. The average molecular weight is 420 g/mol. The molecule has 0 spiro atoms. The molecule has 0 aliphatic carbocycles. The number of methoxy groups -OCH3 is 1. The fourth-order valence-electron chi connectivity index (χ4n) is 3.30. The predicted octanol–water partition coefficient (Wildman–Crippen LogP) is 3.40. The van der Waals surface area contributed by atoms with Crippen molar-refractivity contribution in [1.82, 2.24) is 4.90 Å². The van der Waals surface area contributed by atoms with E-state index in [1.807, 2.05) is 25.1 Å². The smallest absolute Gasteiger partial charge is 0.340 e. The largest absolute Gasteiger partial charge is 0.484 e. The maximum absolute atomic E-state index is 12.7. The van der Waals surface area contributed by atoms with Gasteiger partial charge < -0.3 is 19.7 Å². The second-order valence-electron chi connectivity index (χ2n) is 6.83. The van der Waals surface area contributed by atoms with Crippen molar-refractivity contribution in [1.29, 1.82) is 0 Å². The number of nitrogens with zero attached hydrogens (tertiary/aromatic N) is 1. The number of hydrogen-bond acceptors (Lipinski definition) is 5. The topological polar surface area (TPSA) is 84.9 Å². The van der Waals surface area contributed by atoms with Crippen LogP contribution in [0.2, 0.25) is 0 Å². The van der Waals surface area contributed by atoms with Crippen molar-refractivity contribution < 1.29 is 23.9 Å². The minimum absolute atomic E-state index is 0.131. The molecule has 7 nitrogen and oxygen atoms in total. The third-order valence-electron chi connectivity index (χ3n) is 4.84. The molecule has 1 N–H and O–H groups in total. The molecule has 7 heteroatoms. The van der Waals surface area contributed by atoms with E-state index in [9.17, 15) is 14.4 Å². The number of para-hydroxylation sites is 1. The zero-order valence-corrected chi connectivity index (χ0v) is 17.7. The van der Waals surface area contributed by atoms with Gasteiger partial charge in [0.1, 0.15) is 5.75 Å². The molecular weight excluding hydrogens is 396 g/mol. The Morgan fingerprint density at radius 1 is 1.06 bits per heavy atom. The summed E-state index contributed by atoms with van der Waals surface area (Å²) in [5.41, 5.74) is 2.56. The van der Waals surface area contributed by atoms with Crippen molar-refractivity contribution in [3.63, 3.8) is 0 Å². The Labute approximate surface area is 181 Å². The highest BCUT2D eigenvalue weighted by atomic mass is 16.5. The maximum Gasteiger partial charge on any atom is 0.340 e. The third-order valence-corrected chi connectivity index (χ3v) is 4.84. The summed E-state index contributed by atoms with van der Waals surface area (Å²) < 4.78 is 10.4. The van der Waals surface area contributed by atoms with Gasteiger partial charge in [0.05, 0.1) is 18.3 Å². The van der Waals surface area contributed by atoms with Gasteiger partial charge in [-0.05, 0) is 49.8 Å². The first-order valence-electron chi connectivity index (χ1n) is 9.85. The summed E-state index contributed by atoms with van der Waals surface area (Å²) in [6.45, 7) is 3.90. The van der Waals surface area contributed by atoms with Crippen LogP contribution in [0.1, 0.15) is 19.4 Å². The molecule has 1 aliphatic rings. The molecule has 0 bridgehead atoms. The molecule has 2 amide bonds. The number of ether oxygens (including phenoxy) is 2. The maximum atomic E-state index is 12.7. The minimum Gasteiger partial charge on any atom is -0.484 e. The number of likely N-dealkylation sites (N-methyl/N-ethyl adjacent to an activating group) is 1. The fourth-order valence-corrected chi connectivity index (χ4v) is 3.30. The Bertz CT molecular complexity index is 1040. The number of carbonyl (C=O) groups is 3. The molecule has 1 aliphatic heterocycles. The Hall–Kier alpha value is -3.87. The van der Waals surface area contributed by atoms with Crippen LogP contribution in [0.15, 0.2) is 71.4 Å². The first kappa shape index (κ1) is 21.8. The van der Waals surface area contributed by atoms with E-state index in [1.165, 1.54) is 7.11 Å². The van der Waals surface area contributed by atoms with E-state index >= 15 is 0 Å². The molecule has 3 rings (SSSR count). The van der Waals surface area contributed by atoms with E-state index in [0.29, 0.717) is 29.3 Å². The molecular formula is C24H24N2O5. The van der Waals surface area contributed by atoms with Crippen LogP contribution >= 0.6 is 0 Å². The molecule has 0 atom stereocenters. The van der Waals surface area contributed by atoms with Crippen LogP contribution in [-0.2, 0) is 19.1 Å². The number of nitrogens with one attached hydrogen (secondary N) is 1. The van der Waals surface area contributed by atoms with Gasteiger partial charge in [-0.15, -0.1) is 0 Å². The van der Waals surface area contributed by atoms with E-state index in [4.69, 9.17) is 9.47 Å². The van der Waals surface area contributed by atoms with Gasteiger partial charge in [0.15, 0.2) is 6.61 Å². The van der Waals surface area contributed by atoms with E-state index < -0.39 is 5.97 Å². The SMILES string of the molecule is CCN1C(=O)/C(=C\c2ccc(OCC(=O)Nc3ccccc3)cc2)C(C(=O)OC)=C1C. The van der Waals surface area contributed by atoms with Crippen molar-refractivity contribution in [3.8, 4) is 5.75 Å². The van der Waals surface area contributed by atoms with Crippen molar-refractivity contribution in [2.75, 3.05) is 25.6 Å². The summed E-state index contributed by atoms with van der Waals surface area (Å²) in [4.78, 5) is 38.5. The molecule has 2 aromatic carbocycles. The minimum atomic E-state index is -0.544. The molecule has 0 aromatic heterocycles. The van der Waals surface area contributed by atoms with Crippen LogP contribution in [0, 0.1) is 0 Å². The number of benzene rings is 2. The van der Waals surface area contributed by atoms with Gasteiger partial charge in [-0.1, -0.05) is 30.3 Å². The van der Waals surface area contributed by atoms with Crippen molar-refractivity contribution in [2.24, 2.45) is 0 Å². The first-order valence-corrected chi connectivity index (χ1v) is 9.85. The Morgan fingerprint density at radius 2 is 1.74 bits per heavy atom. The van der Waals surface area contributed by atoms with E-state index in [1.54, 1.807) is 54.3 Å². The number of hydrogen-bond donors (Lipinski definition) is 1. The van der Waals surface area contributed by atoms with E-state index in [0.717, 1.165) is 5.56 Å². The number of esters is 1. The van der Waals surface area contributed by atoms with Gasteiger partial charge >= 0.3 is 5.97 Å². The Morgan fingerprint density at radius 3 is 2.35 bits per heavy atom. The highest BCUT2D eigenvalue weighted by molar-refractivity contribution is 6.16. The standard InChI is InChI=1S/C24H24N2O5/c1-4-26-16(2)22(24(29)30-3)20(23(26)28)14-17-10-12-19(13-11-17)31-15-21(27)25-18-8-6-5-7-9-18/h5-14H,4,15H2,1-3H3,(H,25,27)/b20-14-. The van der Waals surface area contributed by atoms with Crippen LogP contribution in [0.25, 0.3) is 6.08 Å². The van der Waals surface area contributed by atoms with Gasteiger partial charge in [-0.2, -0.15) is 0 Å². The zero-order chi connectivity index (χ0) is 22.4. The predicted molar refractivity (Wildman–Crippen MR) is 117 cm³/mol. The second kappa shape index (κ2) is 9.75. The summed E-state index contributed by atoms with van der Waals surface area (Å²) in [6, 6.07) is 16.0.